The molecule has 3 rings (SSSR count). The lowest BCUT2D eigenvalue weighted by molar-refractivity contribution is 0.607. The molecule has 0 amide bonds. The van der Waals surface area contributed by atoms with E-state index in [0.717, 1.165) is 40.8 Å². The van der Waals surface area contributed by atoms with Crippen LogP contribution in [0.2, 0.25) is 0 Å². The zero-order valence-corrected chi connectivity index (χ0v) is 13.2. The highest BCUT2D eigenvalue weighted by molar-refractivity contribution is 5.92. The molecule has 0 aliphatic rings. The minimum Gasteiger partial charge on any atom is -0.369 e. The molecule has 1 N–H and O–H groups in total. The van der Waals surface area contributed by atoms with Crippen LogP contribution in [0.1, 0.15) is 20.3 Å². The molecule has 22 heavy (non-hydrogen) atoms. The molecule has 0 aliphatic heterocycles. The largest absolute Gasteiger partial charge is 0.369 e. The summed E-state index contributed by atoms with van der Waals surface area (Å²) in [6, 6.07) is 6.24. The van der Waals surface area contributed by atoms with Gasteiger partial charge in [0, 0.05) is 30.7 Å². The molecule has 0 spiro atoms. The number of benzene rings is 1. The second kappa shape index (κ2) is 6.13. The zero-order valence-electron chi connectivity index (χ0n) is 13.2. The molecule has 114 valence electrons. The summed E-state index contributed by atoms with van der Waals surface area (Å²) in [5.74, 6) is 1.57. The summed E-state index contributed by atoms with van der Waals surface area (Å²) in [5.41, 5.74) is 3.18. The molecule has 0 aliphatic carbocycles. The first-order chi connectivity index (χ1) is 10.6. The third-order valence-corrected chi connectivity index (χ3v) is 3.69. The van der Waals surface area contributed by atoms with E-state index in [2.05, 4.69) is 46.4 Å². The number of aromatic nitrogens is 4. The molecule has 0 radical (unpaired) electrons. The van der Waals surface area contributed by atoms with E-state index in [0.29, 0.717) is 5.92 Å². The second-order valence-corrected chi connectivity index (χ2v) is 5.97. The molecule has 5 heteroatoms. The first-order valence-electron chi connectivity index (χ1n) is 7.61. The van der Waals surface area contributed by atoms with Gasteiger partial charge in [-0.3, -0.25) is 4.68 Å². The number of hydrogen-bond donors (Lipinski definition) is 1. The lowest BCUT2D eigenvalue weighted by Gasteiger charge is -2.10. The molecule has 0 bridgehead atoms. The van der Waals surface area contributed by atoms with Crippen molar-refractivity contribution in [1.82, 2.24) is 19.7 Å². The maximum atomic E-state index is 4.40. The summed E-state index contributed by atoms with van der Waals surface area (Å²) < 4.78 is 1.81. The van der Waals surface area contributed by atoms with Crippen LogP contribution in [0.5, 0.6) is 0 Å². The number of fused-ring (bicyclic) bond motifs is 1. The Balaban J connectivity index is 1.95. The van der Waals surface area contributed by atoms with Crippen LogP contribution in [-0.4, -0.2) is 26.3 Å². The lowest BCUT2D eigenvalue weighted by Crippen LogP contribution is -2.06. The fourth-order valence-electron chi connectivity index (χ4n) is 2.43. The van der Waals surface area contributed by atoms with Gasteiger partial charge in [-0.1, -0.05) is 19.9 Å². The summed E-state index contributed by atoms with van der Waals surface area (Å²) >= 11 is 0. The summed E-state index contributed by atoms with van der Waals surface area (Å²) in [6.07, 6.45) is 6.62. The molecule has 0 atom stereocenters. The normalized spacial score (nSPS) is 11.3. The minimum atomic E-state index is 0.673. The fourth-order valence-corrected chi connectivity index (χ4v) is 2.43. The average molecular weight is 295 g/mol. The zero-order chi connectivity index (χ0) is 15.5. The van der Waals surface area contributed by atoms with Gasteiger partial charge in [0.1, 0.15) is 12.1 Å². The first-order valence-corrected chi connectivity index (χ1v) is 7.61. The van der Waals surface area contributed by atoms with Gasteiger partial charge in [-0.25, -0.2) is 9.97 Å². The average Bonchev–Trinajstić information content (AvgIpc) is 2.93. The van der Waals surface area contributed by atoms with Crippen molar-refractivity contribution < 1.29 is 0 Å². The molecular weight excluding hydrogens is 274 g/mol. The molecule has 2 aromatic heterocycles. The van der Waals surface area contributed by atoms with Gasteiger partial charge in [0.15, 0.2) is 0 Å². The van der Waals surface area contributed by atoms with E-state index in [1.807, 2.05) is 30.2 Å². The van der Waals surface area contributed by atoms with Crippen LogP contribution in [0.4, 0.5) is 5.82 Å². The Hall–Kier alpha value is -2.43. The molecule has 5 nitrogen and oxygen atoms in total. The number of hydrogen-bond acceptors (Lipinski definition) is 4. The molecule has 0 unspecified atom stereocenters. The topological polar surface area (TPSA) is 55.6 Å². The quantitative estimate of drug-likeness (QED) is 0.783. The molecule has 0 saturated carbocycles. The van der Waals surface area contributed by atoms with Crippen molar-refractivity contribution in [3.05, 3.63) is 36.9 Å². The second-order valence-electron chi connectivity index (χ2n) is 5.97. The summed E-state index contributed by atoms with van der Waals surface area (Å²) in [4.78, 5) is 8.75. The van der Waals surface area contributed by atoms with E-state index in [-0.39, 0.29) is 0 Å². The van der Waals surface area contributed by atoms with Gasteiger partial charge in [-0.2, -0.15) is 5.10 Å². The highest BCUT2D eigenvalue weighted by Crippen LogP contribution is 2.26. The number of rotatable bonds is 5. The smallest absolute Gasteiger partial charge is 0.137 e. The fraction of sp³-hybridized carbons (Fsp3) is 0.353. The molecule has 1 aromatic carbocycles. The van der Waals surface area contributed by atoms with Crippen molar-refractivity contribution in [2.75, 3.05) is 11.9 Å². The third-order valence-electron chi connectivity index (χ3n) is 3.69. The van der Waals surface area contributed by atoms with Crippen LogP contribution < -0.4 is 5.32 Å². The van der Waals surface area contributed by atoms with Gasteiger partial charge in [-0.05, 0) is 30.0 Å². The summed E-state index contributed by atoms with van der Waals surface area (Å²) in [5, 5.41) is 8.71. The van der Waals surface area contributed by atoms with Gasteiger partial charge in [0.05, 0.1) is 11.7 Å². The number of nitrogens with zero attached hydrogens (tertiary/aromatic N) is 4. The lowest BCUT2D eigenvalue weighted by atomic mass is 10.1. The Bertz CT molecular complexity index is 776. The van der Waals surface area contributed by atoms with E-state index in [4.69, 9.17) is 0 Å². The maximum absolute atomic E-state index is 4.40. The van der Waals surface area contributed by atoms with E-state index >= 15 is 0 Å². The van der Waals surface area contributed by atoms with Crippen LogP contribution in [0.15, 0.2) is 36.9 Å². The van der Waals surface area contributed by atoms with Crippen molar-refractivity contribution in [3.8, 4) is 11.1 Å². The minimum absolute atomic E-state index is 0.673. The Kier molecular flexibility index (Phi) is 4.04. The van der Waals surface area contributed by atoms with Gasteiger partial charge >= 0.3 is 0 Å². The van der Waals surface area contributed by atoms with Gasteiger partial charge in [0.25, 0.3) is 0 Å². The van der Waals surface area contributed by atoms with E-state index < -0.39 is 0 Å². The summed E-state index contributed by atoms with van der Waals surface area (Å²) in [7, 11) is 1.92. The molecule has 0 fully saturated rings. The molecule has 2 heterocycles. The van der Waals surface area contributed by atoms with E-state index in [9.17, 15) is 0 Å². The highest BCUT2D eigenvalue weighted by Gasteiger charge is 2.07. The Labute approximate surface area is 130 Å². The number of aryl methyl sites for hydroxylation is 1. The van der Waals surface area contributed by atoms with Gasteiger partial charge in [-0.15, -0.1) is 0 Å². The van der Waals surface area contributed by atoms with Crippen molar-refractivity contribution >= 4 is 16.7 Å². The van der Waals surface area contributed by atoms with Gasteiger partial charge < -0.3 is 5.32 Å². The van der Waals surface area contributed by atoms with Crippen LogP contribution in [-0.2, 0) is 7.05 Å². The molecular formula is C17H21N5. The van der Waals surface area contributed by atoms with Crippen LogP contribution in [0, 0.1) is 5.92 Å². The van der Waals surface area contributed by atoms with Crippen molar-refractivity contribution in [3.63, 3.8) is 0 Å². The summed E-state index contributed by atoms with van der Waals surface area (Å²) in [6.45, 7) is 5.36. The number of nitrogens with one attached hydrogen (secondary N) is 1. The first kappa shape index (κ1) is 14.5. The third kappa shape index (κ3) is 3.08. The van der Waals surface area contributed by atoms with Crippen molar-refractivity contribution in [2.24, 2.45) is 13.0 Å². The molecule has 3 aromatic rings. The predicted octanol–water partition coefficient (Wildman–Crippen LogP) is 3.49. The van der Waals surface area contributed by atoms with Gasteiger partial charge in [0.2, 0.25) is 0 Å². The van der Waals surface area contributed by atoms with Crippen molar-refractivity contribution in [2.45, 2.75) is 20.3 Å². The van der Waals surface area contributed by atoms with Crippen molar-refractivity contribution in [1.29, 1.82) is 0 Å². The standard InChI is InChI=1S/C17H21N5/c1-12(2)6-7-18-17-15-8-13(14-9-21-22(3)10-14)4-5-16(15)19-11-20-17/h4-5,8-12H,6-7H2,1-3H3,(H,18,19,20). The Morgan fingerprint density at radius 1 is 1.18 bits per heavy atom. The SMILES string of the molecule is CC(C)CCNc1ncnc2ccc(-c3cnn(C)c3)cc12. The highest BCUT2D eigenvalue weighted by atomic mass is 15.2. The van der Waals surface area contributed by atoms with Crippen LogP contribution >= 0.6 is 0 Å². The number of anilines is 1. The van der Waals surface area contributed by atoms with Crippen LogP contribution in [0.25, 0.3) is 22.0 Å². The predicted molar refractivity (Wildman–Crippen MR) is 89.7 cm³/mol. The van der Waals surface area contributed by atoms with E-state index in [1.54, 1.807) is 6.33 Å². The molecule has 0 saturated heterocycles. The maximum Gasteiger partial charge on any atom is 0.137 e. The van der Waals surface area contributed by atoms with E-state index in [1.165, 1.54) is 0 Å². The van der Waals surface area contributed by atoms with Crippen LogP contribution in [0.3, 0.4) is 0 Å². The monoisotopic (exact) mass is 295 g/mol. The Morgan fingerprint density at radius 2 is 2.05 bits per heavy atom. The Morgan fingerprint density at radius 3 is 2.77 bits per heavy atom.